The fourth-order valence-corrected chi connectivity index (χ4v) is 3.93. The molecular formula is C24H20N4O. The maximum Gasteiger partial charge on any atom is 0.257 e. The summed E-state index contributed by atoms with van der Waals surface area (Å²) >= 11 is 0. The van der Waals surface area contributed by atoms with E-state index in [1.54, 1.807) is 6.20 Å². The average Bonchev–Trinajstić information content (AvgIpc) is 3.23. The minimum atomic E-state index is -0.121. The van der Waals surface area contributed by atoms with E-state index in [4.69, 9.17) is 0 Å². The van der Waals surface area contributed by atoms with Gasteiger partial charge in [-0.05, 0) is 65.9 Å². The Morgan fingerprint density at radius 3 is 2.90 bits per heavy atom. The van der Waals surface area contributed by atoms with Crippen molar-refractivity contribution in [3.8, 4) is 0 Å². The average molecular weight is 380 g/mol. The van der Waals surface area contributed by atoms with Crippen molar-refractivity contribution in [2.45, 2.75) is 12.8 Å². The lowest BCUT2D eigenvalue weighted by Crippen LogP contribution is -2.15. The number of carbonyl (C=O) groups excluding carboxylic acids is 1. The summed E-state index contributed by atoms with van der Waals surface area (Å²) in [7, 11) is 0. The second-order valence-electron chi connectivity index (χ2n) is 7.18. The summed E-state index contributed by atoms with van der Waals surface area (Å²) in [5.41, 5.74) is 6.10. The topological polar surface area (TPSA) is 66.9 Å². The summed E-state index contributed by atoms with van der Waals surface area (Å²) in [4.78, 5) is 21.6. The van der Waals surface area contributed by atoms with E-state index >= 15 is 0 Å². The minimum Gasteiger partial charge on any atom is -0.384 e. The van der Waals surface area contributed by atoms with E-state index in [9.17, 15) is 4.79 Å². The van der Waals surface area contributed by atoms with E-state index in [-0.39, 0.29) is 5.91 Å². The smallest absolute Gasteiger partial charge is 0.257 e. The molecule has 0 radical (unpaired) electrons. The van der Waals surface area contributed by atoms with Gasteiger partial charge in [0.05, 0.1) is 5.52 Å². The van der Waals surface area contributed by atoms with Gasteiger partial charge in [0.15, 0.2) is 0 Å². The number of aromatic nitrogens is 2. The molecule has 5 nitrogen and oxygen atoms in total. The Morgan fingerprint density at radius 1 is 1.00 bits per heavy atom. The summed E-state index contributed by atoms with van der Waals surface area (Å²) in [5.74, 6) is 0.444. The largest absolute Gasteiger partial charge is 0.384 e. The first-order chi connectivity index (χ1) is 14.3. The molecule has 1 aliphatic rings. The van der Waals surface area contributed by atoms with E-state index in [1.807, 2.05) is 54.7 Å². The molecular weight excluding hydrogens is 360 g/mol. The number of hydrogen-bond acceptors (Lipinski definition) is 4. The number of amides is 1. The van der Waals surface area contributed by atoms with Crippen molar-refractivity contribution in [3.05, 3.63) is 95.3 Å². The van der Waals surface area contributed by atoms with Crippen LogP contribution in [0.2, 0.25) is 0 Å². The van der Waals surface area contributed by atoms with Gasteiger partial charge in [0.2, 0.25) is 0 Å². The van der Waals surface area contributed by atoms with Gasteiger partial charge in [-0.2, -0.15) is 0 Å². The molecule has 0 atom stereocenters. The Morgan fingerprint density at radius 2 is 1.93 bits per heavy atom. The van der Waals surface area contributed by atoms with Crippen LogP contribution in [0, 0.1) is 0 Å². The van der Waals surface area contributed by atoms with Crippen molar-refractivity contribution in [1.82, 2.24) is 9.97 Å². The Kier molecular flexibility index (Phi) is 4.41. The van der Waals surface area contributed by atoms with E-state index in [0.717, 1.165) is 47.1 Å². The first kappa shape index (κ1) is 17.4. The van der Waals surface area contributed by atoms with E-state index in [2.05, 4.69) is 32.7 Å². The van der Waals surface area contributed by atoms with Crippen LogP contribution < -0.4 is 10.6 Å². The Labute approximate surface area is 168 Å². The number of carbonyl (C=O) groups is 1. The lowest BCUT2D eigenvalue weighted by Gasteiger charge is -2.10. The van der Waals surface area contributed by atoms with Crippen molar-refractivity contribution in [3.63, 3.8) is 0 Å². The molecule has 5 heteroatoms. The van der Waals surface area contributed by atoms with Gasteiger partial charge >= 0.3 is 0 Å². The SMILES string of the molecule is O=C(Nc1cc(Cc2cccc3ncccc23)ccn1)c1cccc2c1CCN2. The first-order valence-corrected chi connectivity index (χ1v) is 9.72. The first-order valence-electron chi connectivity index (χ1n) is 9.72. The van der Waals surface area contributed by atoms with E-state index in [0.29, 0.717) is 11.4 Å². The highest BCUT2D eigenvalue weighted by Gasteiger charge is 2.18. The molecule has 0 spiro atoms. The van der Waals surface area contributed by atoms with E-state index < -0.39 is 0 Å². The third kappa shape index (κ3) is 3.43. The molecule has 1 aliphatic heterocycles. The zero-order chi connectivity index (χ0) is 19.6. The summed E-state index contributed by atoms with van der Waals surface area (Å²) < 4.78 is 0. The number of pyridine rings is 2. The zero-order valence-corrected chi connectivity index (χ0v) is 15.9. The summed E-state index contributed by atoms with van der Waals surface area (Å²) in [6.45, 7) is 0.868. The number of nitrogens with one attached hydrogen (secondary N) is 2. The molecule has 1 amide bonds. The molecule has 0 fully saturated rings. The van der Waals surface area contributed by atoms with Crippen LogP contribution in [-0.2, 0) is 12.8 Å². The molecule has 0 saturated carbocycles. The van der Waals surface area contributed by atoms with Gasteiger partial charge in [-0.25, -0.2) is 4.98 Å². The summed E-state index contributed by atoms with van der Waals surface area (Å²) in [6, 6.07) is 19.9. The normalized spacial score (nSPS) is 12.4. The van der Waals surface area contributed by atoms with Crippen molar-refractivity contribution in [2.75, 3.05) is 17.2 Å². The monoisotopic (exact) mass is 380 g/mol. The number of fused-ring (bicyclic) bond motifs is 2. The molecule has 2 N–H and O–H groups in total. The van der Waals surface area contributed by atoms with Gasteiger partial charge in [0, 0.05) is 35.6 Å². The zero-order valence-electron chi connectivity index (χ0n) is 15.9. The predicted molar refractivity (Wildman–Crippen MR) is 115 cm³/mol. The number of nitrogens with zero attached hydrogens (tertiary/aromatic N) is 2. The molecule has 29 heavy (non-hydrogen) atoms. The fraction of sp³-hybridized carbons (Fsp3) is 0.125. The third-order valence-electron chi connectivity index (χ3n) is 5.31. The standard InChI is InChI=1S/C24H20N4O/c29-24(20-5-2-8-22-19(20)10-13-26-22)28-23-15-16(9-12-27-23)14-17-4-1-7-21-18(17)6-3-11-25-21/h1-9,11-12,15,26H,10,13-14H2,(H,27,28,29). The molecule has 5 rings (SSSR count). The van der Waals surface area contributed by atoms with Crippen LogP contribution >= 0.6 is 0 Å². The van der Waals surface area contributed by atoms with Crippen molar-refractivity contribution >= 4 is 28.3 Å². The number of anilines is 2. The van der Waals surface area contributed by atoms with Crippen molar-refractivity contribution in [2.24, 2.45) is 0 Å². The molecule has 142 valence electrons. The van der Waals surface area contributed by atoms with Crippen molar-refractivity contribution in [1.29, 1.82) is 0 Å². The molecule has 2 aromatic carbocycles. The maximum atomic E-state index is 12.8. The molecule has 4 aromatic rings. The third-order valence-corrected chi connectivity index (χ3v) is 5.31. The molecule has 0 bridgehead atoms. The maximum absolute atomic E-state index is 12.8. The van der Waals surface area contributed by atoms with Crippen LogP contribution in [0.5, 0.6) is 0 Å². The van der Waals surface area contributed by atoms with Gasteiger partial charge in [-0.15, -0.1) is 0 Å². The number of hydrogen-bond donors (Lipinski definition) is 2. The summed E-state index contributed by atoms with van der Waals surface area (Å²) in [6.07, 6.45) is 5.16. The summed E-state index contributed by atoms with van der Waals surface area (Å²) in [5, 5.41) is 7.41. The van der Waals surface area contributed by atoms with E-state index in [1.165, 1.54) is 5.56 Å². The van der Waals surface area contributed by atoms with Crippen LogP contribution in [0.25, 0.3) is 10.9 Å². The second kappa shape index (κ2) is 7.36. The van der Waals surface area contributed by atoms with Gasteiger partial charge in [0.25, 0.3) is 5.91 Å². The van der Waals surface area contributed by atoms with Gasteiger partial charge in [0.1, 0.15) is 5.82 Å². The Balaban J connectivity index is 1.39. The Hall–Kier alpha value is -3.73. The number of rotatable bonds is 4. The van der Waals surface area contributed by atoms with Gasteiger partial charge in [-0.3, -0.25) is 9.78 Å². The highest BCUT2D eigenvalue weighted by molar-refractivity contribution is 6.06. The second-order valence-corrected chi connectivity index (χ2v) is 7.18. The van der Waals surface area contributed by atoms with Gasteiger partial charge < -0.3 is 10.6 Å². The van der Waals surface area contributed by atoms with Crippen LogP contribution in [-0.4, -0.2) is 22.4 Å². The number of benzene rings is 2. The molecule has 0 aliphatic carbocycles. The quantitative estimate of drug-likeness (QED) is 0.549. The fourth-order valence-electron chi connectivity index (χ4n) is 3.93. The predicted octanol–water partition coefficient (Wildman–Crippen LogP) is 4.44. The minimum absolute atomic E-state index is 0.121. The Bertz CT molecular complexity index is 1210. The highest BCUT2D eigenvalue weighted by atomic mass is 16.1. The van der Waals surface area contributed by atoms with Crippen molar-refractivity contribution < 1.29 is 4.79 Å². The van der Waals surface area contributed by atoms with Gasteiger partial charge in [-0.1, -0.05) is 24.3 Å². The van der Waals surface area contributed by atoms with Crippen LogP contribution in [0.3, 0.4) is 0 Å². The lowest BCUT2D eigenvalue weighted by atomic mass is 10.0. The van der Waals surface area contributed by atoms with Crippen LogP contribution in [0.15, 0.2) is 73.1 Å². The van der Waals surface area contributed by atoms with Crippen LogP contribution in [0.4, 0.5) is 11.5 Å². The molecule has 2 aromatic heterocycles. The molecule has 3 heterocycles. The molecule has 0 saturated heterocycles. The molecule has 0 unspecified atom stereocenters. The lowest BCUT2D eigenvalue weighted by molar-refractivity contribution is 0.102. The van der Waals surface area contributed by atoms with Crippen LogP contribution in [0.1, 0.15) is 27.0 Å². The highest BCUT2D eigenvalue weighted by Crippen LogP contribution is 2.26.